The zero-order valence-corrected chi connectivity index (χ0v) is 14.0. The lowest BCUT2D eigenvalue weighted by Crippen LogP contribution is -2.26. The van der Waals surface area contributed by atoms with Crippen LogP contribution in [-0.2, 0) is 0 Å². The number of carbonyl (C=O) groups is 1. The van der Waals surface area contributed by atoms with Gasteiger partial charge < -0.3 is 10.4 Å². The van der Waals surface area contributed by atoms with Gasteiger partial charge >= 0.3 is 0 Å². The lowest BCUT2D eigenvalue weighted by molar-refractivity contribution is 0.0951. The average molecular weight is 317 g/mol. The summed E-state index contributed by atoms with van der Waals surface area (Å²) in [7, 11) is 0. The summed E-state index contributed by atoms with van der Waals surface area (Å²) in [4.78, 5) is 12.3. The van der Waals surface area contributed by atoms with E-state index < -0.39 is 0 Å². The summed E-state index contributed by atoms with van der Waals surface area (Å²) in [5, 5.41) is 16.4. The molecule has 0 spiro atoms. The zero-order valence-electron chi connectivity index (χ0n) is 13.1. The van der Waals surface area contributed by atoms with Gasteiger partial charge in [0, 0.05) is 18.7 Å². The van der Waals surface area contributed by atoms with E-state index in [1.165, 1.54) is 5.56 Å². The normalized spacial score (nSPS) is 12.1. The topological polar surface area (TPSA) is 49.3 Å². The van der Waals surface area contributed by atoms with Crippen LogP contribution in [0.3, 0.4) is 0 Å². The molecule has 0 aliphatic carbocycles. The van der Waals surface area contributed by atoms with E-state index in [1.54, 1.807) is 11.3 Å². The molecule has 118 valence electrons. The number of aliphatic hydroxyl groups excluding tert-OH is 1. The average Bonchev–Trinajstić information content (AvgIpc) is 3.03. The Kier molecular flexibility index (Phi) is 6.16. The number of carbonyl (C=O) groups excluding carboxylic acids is 1. The lowest BCUT2D eigenvalue weighted by atomic mass is 9.95. The summed E-state index contributed by atoms with van der Waals surface area (Å²) in [5.41, 5.74) is 4.08. The van der Waals surface area contributed by atoms with E-state index in [2.05, 4.69) is 16.8 Å². The fourth-order valence-electron chi connectivity index (χ4n) is 2.58. The Hall–Kier alpha value is -1.65. The molecule has 1 aromatic heterocycles. The van der Waals surface area contributed by atoms with Crippen molar-refractivity contribution in [3.05, 3.63) is 57.3 Å². The van der Waals surface area contributed by atoms with Crippen LogP contribution in [0.1, 0.15) is 45.8 Å². The first-order valence-corrected chi connectivity index (χ1v) is 8.54. The molecule has 0 radical (unpaired) electrons. The number of hydrogen-bond donors (Lipinski definition) is 2. The Morgan fingerprint density at radius 3 is 2.77 bits per heavy atom. The molecule has 0 bridgehead atoms. The van der Waals surface area contributed by atoms with Gasteiger partial charge in [0.25, 0.3) is 5.91 Å². The third-order valence-electron chi connectivity index (χ3n) is 3.91. The molecule has 0 fully saturated rings. The van der Waals surface area contributed by atoms with Crippen molar-refractivity contribution in [2.24, 2.45) is 0 Å². The number of thiophene rings is 1. The van der Waals surface area contributed by atoms with E-state index in [0.29, 0.717) is 12.5 Å². The molecule has 4 heteroatoms. The van der Waals surface area contributed by atoms with Crippen LogP contribution < -0.4 is 5.32 Å². The predicted molar refractivity (Wildman–Crippen MR) is 91.6 cm³/mol. The molecular formula is C18H23NO2S. The summed E-state index contributed by atoms with van der Waals surface area (Å²) < 4.78 is 0. The Morgan fingerprint density at radius 1 is 1.27 bits per heavy atom. The standard InChI is InChI=1S/C18H23NO2S/c1-13-3-4-14(2)17(11-13)18(21)19-8-5-15(6-9-20)16-7-10-22-12-16/h3-4,7,10-12,15,20H,5-6,8-9H2,1-2H3,(H,19,21)/t15-/m0/s1. The lowest BCUT2D eigenvalue weighted by Gasteiger charge is -2.15. The molecule has 1 aromatic carbocycles. The van der Waals surface area contributed by atoms with Crippen LogP contribution in [0.2, 0.25) is 0 Å². The fraction of sp³-hybridized carbons (Fsp3) is 0.389. The van der Waals surface area contributed by atoms with Gasteiger partial charge in [0.1, 0.15) is 0 Å². The van der Waals surface area contributed by atoms with E-state index in [-0.39, 0.29) is 12.5 Å². The van der Waals surface area contributed by atoms with Crippen molar-refractivity contribution in [3.63, 3.8) is 0 Å². The first kappa shape index (κ1) is 16.7. The smallest absolute Gasteiger partial charge is 0.251 e. The van der Waals surface area contributed by atoms with Gasteiger partial charge in [0.2, 0.25) is 0 Å². The van der Waals surface area contributed by atoms with Crippen molar-refractivity contribution in [3.8, 4) is 0 Å². The molecule has 1 amide bonds. The third kappa shape index (κ3) is 4.42. The van der Waals surface area contributed by atoms with Crippen molar-refractivity contribution in [2.75, 3.05) is 13.2 Å². The molecule has 2 N–H and O–H groups in total. The number of hydrogen-bond acceptors (Lipinski definition) is 3. The molecule has 0 aliphatic rings. The highest BCUT2D eigenvalue weighted by Gasteiger charge is 2.13. The minimum atomic E-state index is -0.0192. The fourth-order valence-corrected chi connectivity index (χ4v) is 3.32. The van der Waals surface area contributed by atoms with Crippen LogP contribution >= 0.6 is 11.3 Å². The van der Waals surface area contributed by atoms with Gasteiger partial charge in [0.05, 0.1) is 0 Å². The molecular weight excluding hydrogens is 294 g/mol. The third-order valence-corrected chi connectivity index (χ3v) is 4.61. The molecule has 2 rings (SSSR count). The minimum Gasteiger partial charge on any atom is -0.396 e. The van der Waals surface area contributed by atoms with Crippen LogP contribution in [0.4, 0.5) is 0 Å². The van der Waals surface area contributed by atoms with E-state index in [0.717, 1.165) is 29.5 Å². The van der Waals surface area contributed by atoms with Gasteiger partial charge in [-0.05, 0) is 66.6 Å². The monoisotopic (exact) mass is 317 g/mol. The van der Waals surface area contributed by atoms with Gasteiger partial charge in [-0.3, -0.25) is 4.79 Å². The molecule has 3 nitrogen and oxygen atoms in total. The second-order valence-electron chi connectivity index (χ2n) is 5.63. The highest BCUT2D eigenvalue weighted by atomic mass is 32.1. The molecule has 1 atom stereocenters. The van der Waals surface area contributed by atoms with E-state index in [4.69, 9.17) is 0 Å². The molecule has 2 aromatic rings. The zero-order chi connectivity index (χ0) is 15.9. The van der Waals surface area contributed by atoms with E-state index in [1.807, 2.05) is 37.4 Å². The van der Waals surface area contributed by atoms with Crippen molar-refractivity contribution in [1.82, 2.24) is 5.32 Å². The summed E-state index contributed by atoms with van der Waals surface area (Å²) in [6, 6.07) is 8.01. The van der Waals surface area contributed by atoms with E-state index in [9.17, 15) is 9.90 Å². The van der Waals surface area contributed by atoms with Gasteiger partial charge in [-0.25, -0.2) is 0 Å². The second-order valence-corrected chi connectivity index (χ2v) is 6.41. The predicted octanol–water partition coefficient (Wildman–Crippen LogP) is 3.65. The number of benzene rings is 1. The molecule has 1 heterocycles. The number of nitrogens with one attached hydrogen (secondary N) is 1. The number of amides is 1. The maximum Gasteiger partial charge on any atom is 0.251 e. The largest absolute Gasteiger partial charge is 0.396 e. The molecule has 0 aliphatic heterocycles. The van der Waals surface area contributed by atoms with Crippen molar-refractivity contribution in [1.29, 1.82) is 0 Å². The summed E-state index contributed by atoms with van der Waals surface area (Å²) in [5.74, 6) is 0.282. The van der Waals surface area contributed by atoms with Crippen LogP contribution in [0.25, 0.3) is 0 Å². The molecule has 0 saturated carbocycles. The maximum absolute atomic E-state index is 12.3. The number of rotatable bonds is 7. The number of aliphatic hydroxyl groups is 1. The molecule has 0 unspecified atom stereocenters. The minimum absolute atomic E-state index is 0.0192. The van der Waals surface area contributed by atoms with Gasteiger partial charge in [-0.2, -0.15) is 11.3 Å². The highest BCUT2D eigenvalue weighted by Crippen LogP contribution is 2.24. The van der Waals surface area contributed by atoms with Gasteiger partial charge in [-0.15, -0.1) is 0 Å². The summed E-state index contributed by atoms with van der Waals surface area (Å²) in [6.45, 7) is 4.73. The molecule has 0 saturated heterocycles. The van der Waals surface area contributed by atoms with Crippen LogP contribution in [0.15, 0.2) is 35.0 Å². The van der Waals surface area contributed by atoms with Crippen molar-refractivity contribution in [2.45, 2.75) is 32.6 Å². The quantitative estimate of drug-likeness (QED) is 0.819. The SMILES string of the molecule is Cc1ccc(C)c(C(=O)NCC[C@@H](CCO)c2ccsc2)c1. The van der Waals surface area contributed by atoms with Gasteiger partial charge in [0.15, 0.2) is 0 Å². The Bertz CT molecular complexity index is 608. The second kappa shape index (κ2) is 8.11. The first-order valence-electron chi connectivity index (χ1n) is 7.60. The Labute approximate surface area is 136 Å². The first-order chi connectivity index (χ1) is 10.6. The van der Waals surface area contributed by atoms with Crippen molar-refractivity contribution >= 4 is 17.2 Å². The van der Waals surface area contributed by atoms with Gasteiger partial charge in [-0.1, -0.05) is 17.7 Å². The Morgan fingerprint density at radius 2 is 2.09 bits per heavy atom. The highest BCUT2D eigenvalue weighted by molar-refractivity contribution is 7.07. The van der Waals surface area contributed by atoms with Crippen LogP contribution in [0, 0.1) is 13.8 Å². The van der Waals surface area contributed by atoms with Crippen molar-refractivity contribution < 1.29 is 9.90 Å². The summed E-state index contributed by atoms with van der Waals surface area (Å²) in [6.07, 6.45) is 1.57. The maximum atomic E-state index is 12.3. The van der Waals surface area contributed by atoms with Crippen LogP contribution in [-0.4, -0.2) is 24.2 Å². The van der Waals surface area contributed by atoms with E-state index >= 15 is 0 Å². The van der Waals surface area contributed by atoms with Crippen LogP contribution in [0.5, 0.6) is 0 Å². The number of aryl methyl sites for hydroxylation is 2. The summed E-state index contributed by atoms with van der Waals surface area (Å²) >= 11 is 1.66. The Balaban J connectivity index is 1.91. The molecule has 22 heavy (non-hydrogen) atoms.